The van der Waals surface area contributed by atoms with Crippen LogP contribution in [0.2, 0.25) is 0 Å². The molecule has 0 aromatic rings. The molecule has 0 saturated carbocycles. The van der Waals surface area contributed by atoms with Gasteiger partial charge in [0.25, 0.3) is 0 Å². The fourth-order valence-corrected chi connectivity index (χ4v) is 7.60. The van der Waals surface area contributed by atoms with Crippen LogP contribution in [0, 0.1) is 0 Å². The van der Waals surface area contributed by atoms with Crippen molar-refractivity contribution in [2.24, 2.45) is 0 Å². The van der Waals surface area contributed by atoms with Gasteiger partial charge in [-0.15, -0.1) is 0 Å². The molecule has 3 N–H and O–H groups in total. The second kappa shape index (κ2) is 43.7. The summed E-state index contributed by atoms with van der Waals surface area (Å²) in [5.74, 6) is -0.470. The lowest BCUT2D eigenvalue weighted by molar-refractivity contribution is -0.151. The summed E-state index contributed by atoms with van der Waals surface area (Å²) in [5.41, 5.74) is 0. The van der Waals surface area contributed by atoms with E-state index >= 15 is 0 Å². The normalized spacial score (nSPS) is 13.3. The zero-order valence-corrected chi connectivity index (χ0v) is 37.1. The molecule has 3 unspecified atom stereocenters. The highest BCUT2D eigenvalue weighted by Gasteiger charge is 2.24. The predicted molar refractivity (Wildman–Crippen MR) is 237 cm³/mol. The molecule has 0 aliphatic rings. The van der Waals surface area contributed by atoms with Gasteiger partial charge >= 0.3 is 5.97 Å². The SMILES string of the molecule is CCCCCCCC/C=C/CCCCCCCC(CC(=O)NC(CO)C(O)CCCCCCCCCCCCC)OC(=O)CCCCCCCCCCCC. The lowest BCUT2D eigenvalue weighted by atomic mass is 10.0. The summed E-state index contributed by atoms with van der Waals surface area (Å²) in [6.07, 6.45) is 47.0. The van der Waals surface area contributed by atoms with Crippen molar-refractivity contribution in [3.63, 3.8) is 0 Å². The summed E-state index contributed by atoms with van der Waals surface area (Å²) in [6.45, 7) is 6.47. The van der Waals surface area contributed by atoms with Crippen molar-refractivity contribution in [1.29, 1.82) is 0 Å². The van der Waals surface area contributed by atoms with Crippen LogP contribution < -0.4 is 5.32 Å². The smallest absolute Gasteiger partial charge is 0.306 e. The minimum atomic E-state index is -0.782. The summed E-state index contributed by atoms with van der Waals surface area (Å²) in [6, 6.07) is -0.696. The number of aliphatic hydroxyl groups excluding tert-OH is 2. The van der Waals surface area contributed by atoms with Gasteiger partial charge in [-0.05, 0) is 51.4 Å². The van der Waals surface area contributed by atoms with Crippen molar-refractivity contribution in [3.05, 3.63) is 12.2 Å². The van der Waals surface area contributed by atoms with Crippen LogP contribution in [0.1, 0.15) is 265 Å². The summed E-state index contributed by atoms with van der Waals surface area (Å²) < 4.78 is 5.91. The van der Waals surface area contributed by atoms with E-state index in [1.165, 1.54) is 161 Å². The average Bonchev–Trinajstić information content (AvgIpc) is 3.18. The Morgan fingerprint density at radius 2 is 0.873 bits per heavy atom. The zero-order chi connectivity index (χ0) is 40.3. The average molecular weight is 778 g/mol. The quantitative estimate of drug-likeness (QED) is 0.0325. The van der Waals surface area contributed by atoms with E-state index in [0.717, 1.165) is 57.8 Å². The van der Waals surface area contributed by atoms with E-state index < -0.39 is 18.2 Å². The molecule has 0 aliphatic carbocycles. The molecule has 0 spiro atoms. The van der Waals surface area contributed by atoms with E-state index in [-0.39, 0.29) is 24.9 Å². The molecule has 6 heteroatoms. The van der Waals surface area contributed by atoms with Crippen molar-refractivity contribution in [2.45, 2.75) is 283 Å². The number of rotatable bonds is 44. The predicted octanol–water partition coefficient (Wildman–Crippen LogP) is 14.2. The Bertz CT molecular complexity index is 832. The first-order valence-electron chi connectivity index (χ1n) is 24.4. The van der Waals surface area contributed by atoms with Gasteiger partial charge in [0, 0.05) is 6.42 Å². The first-order valence-corrected chi connectivity index (χ1v) is 24.4. The lowest BCUT2D eigenvalue weighted by Crippen LogP contribution is -2.46. The maximum absolute atomic E-state index is 13.1. The van der Waals surface area contributed by atoms with Crippen LogP contribution in [0.4, 0.5) is 0 Å². The van der Waals surface area contributed by atoms with Crippen molar-refractivity contribution in [3.8, 4) is 0 Å². The number of amides is 1. The molecule has 1 amide bonds. The first kappa shape index (κ1) is 53.6. The number of hydrogen-bond acceptors (Lipinski definition) is 5. The topological polar surface area (TPSA) is 95.9 Å². The maximum atomic E-state index is 13.1. The molecule has 0 saturated heterocycles. The van der Waals surface area contributed by atoms with Gasteiger partial charge in [-0.1, -0.05) is 213 Å². The number of carbonyl (C=O) groups is 2. The fourth-order valence-electron chi connectivity index (χ4n) is 7.60. The second-order valence-electron chi connectivity index (χ2n) is 16.9. The van der Waals surface area contributed by atoms with Crippen LogP contribution in [0.5, 0.6) is 0 Å². The number of hydrogen-bond donors (Lipinski definition) is 3. The van der Waals surface area contributed by atoms with Crippen molar-refractivity contribution in [2.75, 3.05) is 6.61 Å². The van der Waals surface area contributed by atoms with Crippen molar-refractivity contribution in [1.82, 2.24) is 5.32 Å². The van der Waals surface area contributed by atoms with Crippen molar-refractivity contribution >= 4 is 11.9 Å². The second-order valence-corrected chi connectivity index (χ2v) is 16.9. The third kappa shape index (κ3) is 39.2. The highest BCUT2D eigenvalue weighted by molar-refractivity contribution is 5.77. The van der Waals surface area contributed by atoms with Crippen LogP contribution in [-0.2, 0) is 14.3 Å². The Morgan fingerprint density at radius 3 is 1.29 bits per heavy atom. The van der Waals surface area contributed by atoms with Crippen LogP contribution in [0.15, 0.2) is 12.2 Å². The van der Waals surface area contributed by atoms with E-state index in [4.69, 9.17) is 4.74 Å². The number of aliphatic hydroxyl groups is 2. The van der Waals surface area contributed by atoms with E-state index in [1.54, 1.807) is 0 Å². The van der Waals surface area contributed by atoms with Gasteiger partial charge < -0.3 is 20.3 Å². The third-order valence-corrected chi connectivity index (χ3v) is 11.3. The molecular weight excluding hydrogens is 683 g/mol. The minimum absolute atomic E-state index is 0.0782. The molecule has 6 nitrogen and oxygen atoms in total. The maximum Gasteiger partial charge on any atom is 0.306 e. The number of ether oxygens (including phenoxy) is 1. The Labute approximate surface area is 342 Å². The summed E-state index contributed by atoms with van der Waals surface area (Å²) in [7, 11) is 0. The molecule has 0 heterocycles. The molecule has 0 aromatic carbocycles. The molecule has 0 aromatic heterocycles. The lowest BCUT2D eigenvalue weighted by Gasteiger charge is -2.24. The van der Waals surface area contributed by atoms with Crippen LogP contribution in [0.3, 0.4) is 0 Å². The molecule has 0 bridgehead atoms. The molecule has 0 aliphatic heterocycles. The molecule has 0 radical (unpaired) electrons. The first-order chi connectivity index (χ1) is 27.0. The number of unbranched alkanes of at least 4 members (excludes halogenated alkanes) is 30. The number of carbonyl (C=O) groups excluding carboxylic acids is 2. The largest absolute Gasteiger partial charge is 0.462 e. The Hall–Kier alpha value is -1.40. The number of nitrogens with one attached hydrogen (secondary N) is 1. The van der Waals surface area contributed by atoms with Crippen LogP contribution in [-0.4, -0.2) is 46.9 Å². The molecule has 326 valence electrons. The Balaban J connectivity index is 4.56. The van der Waals surface area contributed by atoms with Gasteiger partial charge in [0.15, 0.2) is 0 Å². The van der Waals surface area contributed by atoms with Gasteiger partial charge in [-0.25, -0.2) is 0 Å². The monoisotopic (exact) mass is 778 g/mol. The van der Waals surface area contributed by atoms with E-state index in [9.17, 15) is 19.8 Å². The van der Waals surface area contributed by atoms with Gasteiger partial charge in [0.2, 0.25) is 5.91 Å². The van der Waals surface area contributed by atoms with Gasteiger partial charge in [-0.3, -0.25) is 9.59 Å². The fraction of sp³-hybridized carbons (Fsp3) is 0.918. The third-order valence-electron chi connectivity index (χ3n) is 11.3. The van der Waals surface area contributed by atoms with E-state index in [0.29, 0.717) is 19.3 Å². The highest BCUT2D eigenvalue weighted by Crippen LogP contribution is 2.18. The van der Waals surface area contributed by atoms with Crippen LogP contribution in [0.25, 0.3) is 0 Å². The van der Waals surface area contributed by atoms with Crippen LogP contribution >= 0.6 is 0 Å². The summed E-state index contributed by atoms with van der Waals surface area (Å²) >= 11 is 0. The minimum Gasteiger partial charge on any atom is -0.462 e. The number of esters is 1. The summed E-state index contributed by atoms with van der Waals surface area (Å²) in [4.78, 5) is 26.0. The highest BCUT2D eigenvalue weighted by atomic mass is 16.5. The molecular formula is C49H95NO5. The van der Waals surface area contributed by atoms with Gasteiger partial charge in [0.1, 0.15) is 6.10 Å². The van der Waals surface area contributed by atoms with Crippen molar-refractivity contribution < 1.29 is 24.5 Å². The molecule has 0 fully saturated rings. The standard InChI is InChI=1S/C49H95NO5/c1-4-7-10-13-16-19-22-23-24-25-27-28-31-34-37-40-45(55-49(54)42-39-36-33-30-21-18-15-12-9-6-3)43-48(53)50-46(44-51)47(52)41-38-35-32-29-26-20-17-14-11-8-5-2/h23-24,45-47,51-52H,4-22,25-44H2,1-3H3,(H,50,53)/b24-23+. The summed E-state index contributed by atoms with van der Waals surface area (Å²) in [5, 5.41) is 23.7. The van der Waals surface area contributed by atoms with Gasteiger partial charge in [-0.2, -0.15) is 0 Å². The Kier molecular flexibility index (Phi) is 42.6. The zero-order valence-electron chi connectivity index (χ0n) is 37.1. The molecule has 0 rings (SSSR count). The van der Waals surface area contributed by atoms with E-state index in [1.807, 2.05) is 0 Å². The molecule has 55 heavy (non-hydrogen) atoms. The van der Waals surface area contributed by atoms with Gasteiger partial charge in [0.05, 0.1) is 25.2 Å². The Morgan fingerprint density at radius 1 is 0.509 bits per heavy atom. The van der Waals surface area contributed by atoms with E-state index in [2.05, 4.69) is 38.2 Å². The number of allylic oxidation sites excluding steroid dienone is 2. The molecule has 3 atom stereocenters.